The molecule has 3 rings (SSSR count). The molecule has 1 saturated heterocycles. The minimum atomic E-state index is -0.451. The summed E-state index contributed by atoms with van der Waals surface area (Å²) in [6, 6.07) is 2.41. The maximum Gasteiger partial charge on any atom is 0.410 e. The van der Waals surface area contributed by atoms with E-state index in [-0.39, 0.29) is 6.09 Å². The number of pyridine rings is 1. The SMILES string of the molecule is CC.CC.CC(C)(C)C.CN(c1nc2ncc(Br)cc2s1)C1CCN(C(=O)OC(C)(C)C)CC1. The van der Waals surface area contributed by atoms with E-state index in [0.29, 0.717) is 24.5 Å². The molecule has 0 atom stereocenters. The lowest BCUT2D eigenvalue weighted by Gasteiger charge is -2.37. The van der Waals surface area contributed by atoms with Gasteiger partial charge in [-0.3, -0.25) is 0 Å². The number of carbonyl (C=O) groups is 1. The molecule has 0 radical (unpaired) electrons. The van der Waals surface area contributed by atoms with E-state index >= 15 is 0 Å². The molecule has 0 N–H and O–H groups in total. The second kappa shape index (κ2) is 14.9. The van der Waals surface area contributed by atoms with E-state index < -0.39 is 5.60 Å². The van der Waals surface area contributed by atoms with Crippen molar-refractivity contribution in [2.24, 2.45) is 5.41 Å². The van der Waals surface area contributed by atoms with Gasteiger partial charge in [-0.05, 0) is 61.0 Å². The van der Waals surface area contributed by atoms with Gasteiger partial charge in [0.2, 0.25) is 0 Å². The highest BCUT2D eigenvalue weighted by molar-refractivity contribution is 9.10. The summed E-state index contributed by atoms with van der Waals surface area (Å²) < 4.78 is 7.49. The second-order valence-electron chi connectivity index (χ2n) is 10.3. The predicted molar refractivity (Wildman–Crippen MR) is 152 cm³/mol. The number of carbonyl (C=O) groups excluding carboxylic acids is 1. The molecule has 3 heterocycles. The summed E-state index contributed by atoms with van der Waals surface area (Å²) in [6.45, 7) is 23.8. The molecule has 8 heteroatoms. The van der Waals surface area contributed by atoms with Crippen LogP contribution < -0.4 is 4.90 Å². The van der Waals surface area contributed by atoms with Crippen molar-refractivity contribution in [2.75, 3.05) is 25.0 Å². The standard InChI is InChI=1S/C17H23BrN4O2S.C5H12.2C2H6/c1-17(2,3)24-16(23)22-7-5-12(6-8-22)21(4)15-20-14-13(25-15)9-11(18)10-19-14;1-5(2,3)4;2*1-2/h9-10,12H,5-8H2,1-4H3;1-4H3;2*1-2H3. The number of rotatable bonds is 2. The Labute approximate surface area is 220 Å². The van der Waals surface area contributed by atoms with Gasteiger partial charge in [0.1, 0.15) is 5.60 Å². The summed E-state index contributed by atoms with van der Waals surface area (Å²) in [6.07, 6.45) is 3.36. The van der Waals surface area contributed by atoms with Crippen molar-refractivity contribution in [2.45, 2.75) is 101 Å². The van der Waals surface area contributed by atoms with Gasteiger partial charge in [-0.2, -0.15) is 4.98 Å². The number of nitrogens with zero attached hydrogens (tertiary/aromatic N) is 4. The van der Waals surface area contributed by atoms with Crippen LogP contribution in [0.3, 0.4) is 0 Å². The number of aromatic nitrogens is 2. The minimum absolute atomic E-state index is 0.220. The molecule has 34 heavy (non-hydrogen) atoms. The number of anilines is 1. The van der Waals surface area contributed by atoms with Gasteiger partial charge in [0, 0.05) is 36.8 Å². The van der Waals surface area contributed by atoms with E-state index in [0.717, 1.165) is 32.8 Å². The van der Waals surface area contributed by atoms with Crippen LogP contribution >= 0.6 is 27.3 Å². The van der Waals surface area contributed by atoms with Crippen molar-refractivity contribution in [3.8, 4) is 0 Å². The third kappa shape index (κ3) is 12.3. The zero-order valence-corrected chi connectivity index (χ0v) is 25.9. The molecule has 0 spiro atoms. The average Bonchev–Trinajstić information content (AvgIpc) is 3.17. The van der Waals surface area contributed by atoms with Gasteiger partial charge in [0.25, 0.3) is 0 Å². The number of hydrogen-bond donors (Lipinski definition) is 0. The van der Waals surface area contributed by atoms with E-state index in [1.165, 1.54) is 0 Å². The highest BCUT2D eigenvalue weighted by atomic mass is 79.9. The van der Waals surface area contributed by atoms with Crippen LogP contribution in [0.15, 0.2) is 16.7 Å². The fourth-order valence-corrected chi connectivity index (χ4v) is 4.33. The maximum atomic E-state index is 12.2. The number of halogens is 1. The lowest BCUT2D eigenvalue weighted by Crippen LogP contribution is -2.47. The molecule has 0 unspecified atom stereocenters. The first-order valence-electron chi connectivity index (χ1n) is 12.4. The molecule has 0 bridgehead atoms. The van der Waals surface area contributed by atoms with E-state index in [9.17, 15) is 4.79 Å². The first-order valence-corrected chi connectivity index (χ1v) is 14.0. The number of likely N-dealkylation sites (tertiary alicyclic amines) is 1. The summed E-state index contributed by atoms with van der Waals surface area (Å²) in [5.74, 6) is 0. The Kier molecular flexibility index (Phi) is 14.3. The third-order valence-electron chi connectivity index (χ3n) is 4.17. The summed E-state index contributed by atoms with van der Waals surface area (Å²) in [4.78, 5) is 25.2. The van der Waals surface area contributed by atoms with Crippen molar-refractivity contribution in [1.29, 1.82) is 0 Å². The molecule has 2 aromatic rings. The summed E-state index contributed by atoms with van der Waals surface area (Å²) in [5, 5.41) is 0.969. The lowest BCUT2D eigenvalue weighted by atomic mass is 10.0. The van der Waals surface area contributed by atoms with E-state index in [2.05, 4.69) is 65.5 Å². The van der Waals surface area contributed by atoms with Crippen LogP contribution in [0.1, 0.15) is 89.0 Å². The Morgan fingerprint density at radius 2 is 1.59 bits per heavy atom. The van der Waals surface area contributed by atoms with Crippen molar-refractivity contribution < 1.29 is 9.53 Å². The molecule has 0 aliphatic carbocycles. The average molecular weight is 560 g/mol. The molecule has 2 aromatic heterocycles. The minimum Gasteiger partial charge on any atom is -0.444 e. The normalized spacial score (nSPS) is 14.1. The molecule has 6 nitrogen and oxygen atoms in total. The zero-order chi connectivity index (χ0) is 26.7. The van der Waals surface area contributed by atoms with Gasteiger partial charge in [-0.1, -0.05) is 66.7 Å². The Morgan fingerprint density at radius 1 is 1.09 bits per heavy atom. The number of hydrogen-bond acceptors (Lipinski definition) is 6. The number of thiazole rings is 1. The third-order valence-corrected chi connectivity index (χ3v) is 5.68. The predicted octanol–water partition coefficient (Wildman–Crippen LogP) is 8.39. The Balaban J connectivity index is 0.00000106. The van der Waals surface area contributed by atoms with E-state index in [1.54, 1.807) is 22.4 Å². The Bertz CT molecular complexity index is 845. The van der Waals surface area contributed by atoms with Crippen molar-refractivity contribution in [3.63, 3.8) is 0 Å². The van der Waals surface area contributed by atoms with Gasteiger partial charge in [0.05, 0.1) is 4.70 Å². The van der Waals surface area contributed by atoms with Gasteiger partial charge >= 0.3 is 6.09 Å². The van der Waals surface area contributed by atoms with Gasteiger partial charge < -0.3 is 14.5 Å². The molecule has 1 amide bonds. The van der Waals surface area contributed by atoms with E-state index in [1.807, 2.05) is 54.5 Å². The monoisotopic (exact) mass is 558 g/mol. The highest BCUT2D eigenvalue weighted by Gasteiger charge is 2.29. The number of amides is 1. The molecule has 1 aliphatic heterocycles. The Morgan fingerprint density at radius 3 is 2.06 bits per heavy atom. The van der Waals surface area contributed by atoms with Gasteiger partial charge in [-0.25, -0.2) is 9.78 Å². The first kappa shape index (κ1) is 32.6. The second-order valence-corrected chi connectivity index (χ2v) is 12.2. The number of piperidine rings is 1. The molecule has 0 saturated carbocycles. The first-order chi connectivity index (χ1) is 15.7. The van der Waals surface area contributed by atoms with Crippen LogP contribution in [0.25, 0.3) is 10.3 Å². The Hall–Kier alpha value is -1.41. The molecule has 1 aliphatic rings. The van der Waals surface area contributed by atoms with Crippen LogP contribution in [0.4, 0.5) is 9.93 Å². The van der Waals surface area contributed by atoms with Crippen LogP contribution in [-0.2, 0) is 4.74 Å². The van der Waals surface area contributed by atoms with Crippen molar-refractivity contribution >= 4 is 48.8 Å². The highest BCUT2D eigenvalue weighted by Crippen LogP contribution is 2.31. The van der Waals surface area contributed by atoms with Crippen LogP contribution in [0.2, 0.25) is 0 Å². The summed E-state index contributed by atoms with van der Waals surface area (Å²) in [5.41, 5.74) is 0.828. The molecular weight excluding hydrogens is 512 g/mol. The molecule has 196 valence electrons. The quantitative estimate of drug-likeness (QED) is 0.370. The summed E-state index contributed by atoms with van der Waals surface area (Å²) >= 11 is 5.09. The van der Waals surface area contributed by atoms with Crippen LogP contribution in [-0.4, -0.2) is 52.7 Å². The number of ether oxygens (including phenoxy) is 1. The van der Waals surface area contributed by atoms with E-state index in [4.69, 9.17) is 4.74 Å². The maximum absolute atomic E-state index is 12.2. The largest absolute Gasteiger partial charge is 0.444 e. The zero-order valence-electron chi connectivity index (χ0n) is 23.5. The molecule has 0 aromatic carbocycles. The van der Waals surface area contributed by atoms with Crippen LogP contribution in [0.5, 0.6) is 0 Å². The smallest absolute Gasteiger partial charge is 0.410 e. The van der Waals surface area contributed by atoms with Crippen LogP contribution in [0, 0.1) is 5.41 Å². The molecule has 1 fully saturated rings. The van der Waals surface area contributed by atoms with Crippen molar-refractivity contribution in [1.82, 2.24) is 14.9 Å². The molecular formula is C26H47BrN4O2S. The summed E-state index contributed by atoms with van der Waals surface area (Å²) in [7, 11) is 2.07. The number of fused-ring (bicyclic) bond motifs is 1. The van der Waals surface area contributed by atoms with Gasteiger partial charge in [0.15, 0.2) is 10.8 Å². The van der Waals surface area contributed by atoms with Crippen molar-refractivity contribution in [3.05, 3.63) is 16.7 Å². The topological polar surface area (TPSA) is 58.6 Å². The fourth-order valence-electron chi connectivity index (χ4n) is 2.85. The fraction of sp³-hybridized carbons (Fsp3) is 0.731. The lowest BCUT2D eigenvalue weighted by molar-refractivity contribution is 0.0205. The van der Waals surface area contributed by atoms with Gasteiger partial charge in [-0.15, -0.1) is 0 Å².